The molecule has 11 heavy (non-hydrogen) atoms. The van der Waals surface area contributed by atoms with Crippen molar-refractivity contribution in [3.05, 3.63) is 12.7 Å². The molecule has 0 radical (unpaired) electrons. The first-order valence-corrected chi connectivity index (χ1v) is 8.37. The SMILES string of the molecule is C=CC(O[Si](C)(C)C)SCC. The number of rotatable bonds is 5. The van der Waals surface area contributed by atoms with E-state index in [0.717, 1.165) is 5.75 Å². The van der Waals surface area contributed by atoms with Crippen molar-refractivity contribution in [1.29, 1.82) is 0 Å². The summed E-state index contributed by atoms with van der Waals surface area (Å²) in [6, 6.07) is 0. The third-order valence-corrected chi connectivity index (χ3v) is 3.08. The first-order chi connectivity index (χ1) is 4.99. The molecule has 0 heterocycles. The summed E-state index contributed by atoms with van der Waals surface area (Å²) in [6.07, 6.45) is 1.88. The Bertz CT molecular complexity index is 120. The molecule has 1 nitrogen and oxygen atoms in total. The summed E-state index contributed by atoms with van der Waals surface area (Å²) < 4.78 is 5.81. The first-order valence-electron chi connectivity index (χ1n) is 3.91. The van der Waals surface area contributed by atoms with Gasteiger partial charge in [0.2, 0.25) is 0 Å². The van der Waals surface area contributed by atoms with Crippen molar-refractivity contribution in [2.45, 2.75) is 32.0 Å². The van der Waals surface area contributed by atoms with E-state index in [2.05, 4.69) is 33.1 Å². The monoisotopic (exact) mass is 190 g/mol. The van der Waals surface area contributed by atoms with Crippen LogP contribution in [0.1, 0.15) is 6.92 Å². The highest BCUT2D eigenvalue weighted by Crippen LogP contribution is 2.18. The molecule has 0 N–H and O–H groups in total. The maximum atomic E-state index is 5.81. The summed E-state index contributed by atoms with van der Waals surface area (Å²) >= 11 is 1.80. The fourth-order valence-corrected chi connectivity index (χ4v) is 3.06. The molecule has 0 aliphatic heterocycles. The van der Waals surface area contributed by atoms with Crippen LogP contribution in [-0.4, -0.2) is 19.5 Å². The van der Waals surface area contributed by atoms with Gasteiger partial charge in [0.25, 0.3) is 0 Å². The Morgan fingerprint density at radius 1 is 1.55 bits per heavy atom. The van der Waals surface area contributed by atoms with E-state index in [1.807, 2.05) is 6.08 Å². The van der Waals surface area contributed by atoms with Crippen LogP contribution in [0.15, 0.2) is 12.7 Å². The minimum absolute atomic E-state index is 0.201. The molecule has 0 saturated heterocycles. The van der Waals surface area contributed by atoms with E-state index in [-0.39, 0.29) is 5.44 Å². The summed E-state index contributed by atoms with van der Waals surface area (Å²) in [6.45, 7) is 12.5. The van der Waals surface area contributed by atoms with E-state index in [1.54, 1.807) is 11.8 Å². The van der Waals surface area contributed by atoms with Crippen molar-refractivity contribution in [2.24, 2.45) is 0 Å². The summed E-state index contributed by atoms with van der Waals surface area (Å²) in [5, 5.41) is 0. The van der Waals surface area contributed by atoms with E-state index in [4.69, 9.17) is 4.43 Å². The summed E-state index contributed by atoms with van der Waals surface area (Å²) in [4.78, 5) is 0. The van der Waals surface area contributed by atoms with Gasteiger partial charge in [-0.1, -0.05) is 19.6 Å². The molecular formula is C8H18OSSi. The van der Waals surface area contributed by atoms with Crippen LogP contribution in [0.25, 0.3) is 0 Å². The molecule has 1 unspecified atom stereocenters. The topological polar surface area (TPSA) is 9.23 Å². The standard InChI is InChI=1S/C8H18OSSi/c1-6-8(10-7-2)9-11(3,4)5/h6,8H,1,7H2,2-5H3. The average Bonchev–Trinajstić information content (AvgIpc) is 1.84. The second kappa shape index (κ2) is 5.01. The molecule has 1 atom stereocenters. The minimum Gasteiger partial charge on any atom is -0.402 e. The van der Waals surface area contributed by atoms with Crippen molar-refractivity contribution in [3.63, 3.8) is 0 Å². The number of hydrogen-bond donors (Lipinski definition) is 0. The van der Waals surface area contributed by atoms with Crippen molar-refractivity contribution in [3.8, 4) is 0 Å². The van der Waals surface area contributed by atoms with Gasteiger partial charge in [-0.2, -0.15) is 0 Å². The molecule has 0 aromatic heterocycles. The number of hydrogen-bond acceptors (Lipinski definition) is 2. The Balaban J connectivity index is 3.77. The van der Waals surface area contributed by atoms with Crippen LogP contribution >= 0.6 is 11.8 Å². The molecule has 0 rings (SSSR count). The normalized spacial score (nSPS) is 14.5. The van der Waals surface area contributed by atoms with Gasteiger partial charge in [-0.25, -0.2) is 0 Å². The van der Waals surface area contributed by atoms with Gasteiger partial charge in [0.15, 0.2) is 8.32 Å². The molecule has 0 bridgehead atoms. The molecule has 0 amide bonds. The highest BCUT2D eigenvalue weighted by atomic mass is 32.2. The van der Waals surface area contributed by atoms with Crippen LogP contribution in [0.3, 0.4) is 0 Å². The Labute approximate surface area is 75.3 Å². The maximum Gasteiger partial charge on any atom is 0.185 e. The van der Waals surface area contributed by atoms with Crippen LogP contribution in [0.5, 0.6) is 0 Å². The smallest absolute Gasteiger partial charge is 0.185 e. The lowest BCUT2D eigenvalue weighted by Gasteiger charge is -2.22. The predicted molar refractivity (Wildman–Crippen MR) is 56.5 cm³/mol. The highest BCUT2D eigenvalue weighted by molar-refractivity contribution is 7.99. The zero-order chi connectivity index (χ0) is 8.91. The molecule has 0 aliphatic rings. The third kappa shape index (κ3) is 6.66. The molecule has 3 heteroatoms. The molecule has 0 aromatic carbocycles. The lowest BCUT2D eigenvalue weighted by Crippen LogP contribution is -2.29. The van der Waals surface area contributed by atoms with Crippen molar-refractivity contribution >= 4 is 20.1 Å². The van der Waals surface area contributed by atoms with Crippen molar-refractivity contribution < 1.29 is 4.43 Å². The zero-order valence-electron chi connectivity index (χ0n) is 7.89. The van der Waals surface area contributed by atoms with Gasteiger partial charge in [0.05, 0.1) is 0 Å². The van der Waals surface area contributed by atoms with Crippen LogP contribution in [0, 0.1) is 0 Å². The molecule has 0 spiro atoms. The Morgan fingerprint density at radius 2 is 2.09 bits per heavy atom. The Hall–Kier alpha value is 0.267. The zero-order valence-corrected chi connectivity index (χ0v) is 9.70. The van der Waals surface area contributed by atoms with E-state index in [9.17, 15) is 0 Å². The predicted octanol–water partition coefficient (Wildman–Crippen LogP) is 3.10. The Kier molecular flexibility index (Phi) is 5.13. The average molecular weight is 190 g/mol. The second-order valence-corrected chi connectivity index (χ2v) is 9.13. The molecule has 0 fully saturated rings. The van der Waals surface area contributed by atoms with Gasteiger partial charge in [0.1, 0.15) is 5.44 Å². The van der Waals surface area contributed by atoms with Gasteiger partial charge in [-0.05, 0) is 25.4 Å². The van der Waals surface area contributed by atoms with E-state index < -0.39 is 8.32 Å². The molecule has 0 saturated carbocycles. The summed E-state index contributed by atoms with van der Waals surface area (Å²) in [5.41, 5.74) is 0.201. The van der Waals surface area contributed by atoms with Gasteiger partial charge in [-0.15, -0.1) is 11.8 Å². The lowest BCUT2D eigenvalue weighted by molar-refractivity contribution is 0.327. The van der Waals surface area contributed by atoms with Gasteiger partial charge in [0, 0.05) is 0 Å². The summed E-state index contributed by atoms with van der Waals surface area (Å²) in [5.74, 6) is 1.08. The molecule has 0 aromatic rings. The van der Waals surface area contributed by atoms with Gasteiger partial charge >= 0.3 is 0 Å². The number of thioether (sulfide) groups is 1. The molecule has 66 valence electrons. The van der Waals surface area contributed by atoms with E-state index in [0.29, 0.717) is 0 Å². The third-order valence-electron chi connectivity index (χ3n) is 0.993. The highest BCUT2D eigenvalue weighted by Gasteiger charge is 2.18. The second-order valence-electron chi connectivity index (χ2n) is 3.29. The van der Waals surface area contributed by atoms with Crippen molar-refractivity contribution in [2.75, 3.05) is 5.75 Å². The first kappa shape index (κ1) is 11.3. The lowest BCUT2D eigenvalue weighted by atomic mass is 10.7. The van der Waals surface area contributed by atoms with Crippen LogP contribution in [0.4, 0.5) is 0 Å². The molecule has 0 aliphatic carbocycles. The van der Waals surface area contributed by atoms with Gasteiger partial charge in [-0.3, -0.25) is 0 Å². The Morgan fingerprint density at radius 3 is 2.36 bits per heavy atom. The van der Waals surface area contributed by atoms with Crippen LogP contribution in [-0.2, 0) is 4.43 Å². The van der Waals surface area contributed by atoms with E-state index in [1.165, 1.54) is 0 Å². The van der Waals surface area contributed by atoms with E-state index >= 15 is 0 Å². The fraction of sp³-hybridized carbons (Fsp3) is 0.750. The largest absolute Gasteiger partial charge is 0.402 e. The molecular weight excluding hydrogens is 172 g/mol. The van der Waals surface area contributed by atoms with Gasteiger partial charge < -0.3 is 4.43 Å². The summed E-state index contributed by atoms with van der Waals surface area (Å²) in [7, 11) is -1.37. The van der Waals surface area contributed by atoms with Crippen LogP contribution in [0.2, 0.25) is 19.6 Å². The minimum atomic E-state index is -1.37. The van der Waals surface area contributed by atoms with Crippen molar-refractivity contribution in [1.82, 2.24) is 0 Å². The fourth-order valence-electron chi connectivity index (χ4n) is 0.663. The van der Waals surface area contributed by atoms with Crippen LogP contribution < -0.4 is 0 Å². The maximum absolute atomic E-state index is 5.81. The quantitative estimate of drug-likeness (QED) is 0.374.